The lowest BCUT2D eigenvalue weighted by Gasteiger charge is -2.26. The lowest BCUT2D eigenvalue weighted by Crippen LogP contribution is -2.32. The highest BCUT2D eigenvalue weighted by atomic mass is 15.2. The highest BCUT2D eigenvalue weighted by molar-refractivity contribution is 5.53. The van der Waals surface area contributed by atoms with Gasteiger partial charge in [0.2, 0.25) is 0 Å². The minimum absolute atomic E-state index is 0.924. The van der Waals surface area contributed by atoms with Gasteiger partial charge in [0, 0.05) is 44.6 Å². The third-order valence-electron chi connectivity index (χ3n) is 2.68. The number of pyridine rings is 1. The second-order valence-electron chi connectivity index (χ2n) is 4.44. The molecule has 0 unspecified atom stereocenters. The van der Waals surface area contributed by atoms with Crippen LogP contribution in [0.25, 0.3) is 0 Å². The molecule has 0 aromatic carbocycles. The Morgan fingerprint density at radius 3 is 2.59 bits per heavy atom. The minimum atomic E-state index is 0.924. The molecule has 0 spiro atoms. The maximum atomic E-state index is 4.25. The molecule has 0 aliphatic carbocycles. The van der Waals surface area contributed by atoms with Crippen LogP contribution < -0.4 is 10.2 Å². The van der Waals surface area contributed by atoms with Crippen molar-refractivity contribution in [3.05, 3.63) is 18.3 Å². The van der Waals surface area contributed by atoms with Crippen molar-refractivity contribution in [3.8, 4) is 0 Å². The number of aromatic nitrogens is 1. The second kappa shape index (κ2) is 7.12. The topological polar surface area (TPSA) is 31.4 Å². The van der Waals surface area contributed by atoms with Gasteiger partial charge < -0.3 is 15.1 Å². The predicted molar refractivity (Wildman–Crippen MR) is 74.8 cm³/mol. The zero-order valence-corrected chi connectivity index (χ0v) is 11.4. The van der Waals surface area contributed by atoms with Gasteiger partial charge in [0.05, 0.1) is 0 Å². The normalized spacial score (nSPS) is 10.6. The molecule has 1 heterocycles. The first-order valence-electron chi connectivity index (χ1n) is 6.20. The van der Waals surface area contributed by atoms with E-state index in [0.29, 0.717) is 0 Å². The molecule has 0 aliphatic rings. The summed E-state index contributed by atoms with van der Waals surface area (Å²) >= 11 is 0. The van der Waals surface area contributed by atoms with Crippen molar-refractivity contribution in [1.82, 2.24) is 9.88 Å². The smallest absolute Gasteiger partial charge is 0.127 e. The Bertz CT molecular complexity index is 325. The SMILES string of the molecule is CCCN(CCN(C)C)c1ccnc(NC)c1. The second-order valence-corrected chi connectivity index (χ2v) is 4.44. The quantitative estimate of drug-likeness (QED) is 0.783. The Hall–Kier alpha value is -1.29. The van der Waals surface area contributed by atoms with Gasteiger partial charge in [-0.1, -0.05) is 6.92 Å². The van der Waals surface area contributed by atoms with Crippen molar-refractivity contribution in [2.75, 3.05) is 51.0 Å². The van der Waals surface area contributed by atoms with Crippen LogP contribution in [0.2, 0.25) is 0 Å². The summed E-state index contributed by atoms with van der Waals surface area (Å²) in [6.45, 7) is 5.41. The molecule has 1 N–H and O–H groups in total. The molecule has 0 atom stereocenters. The summed E-state index contributed by atoms with van der Waals surface area (Å²) in [6, 6.07) is 4.18. The van der Waals surface area contributed by atoms with Gasteiger partial charge in [-0.2, -0.15) is 0 Å². The molecule has 4 heteroatoms. The fourth-order valence-electron chi connectivity index (χ4n) is 1.71. The number of hydrogen-bond donors (Lipinski definition) is 1. The maximum Gasteiger partial charge on any atom is 0.127 e. The predicted octanol–water partition coefficient (Wildman–Crippen LogP) is 1.90. The van der Waals surface area contributed by atoms with E-state index < -0.39 is 0 Å². The third-order valence-corrected chi connectivity index (χ3v) is 2.68. The van der Waals surface area contributed by atoms with Crippen molar-refractivity contribution < 1.29 is 0 Å². The zero-order chi connectivity index (χ0) is 12.7. The number of rotatable bonds is 7. The molecule has 0 saturated carbocycles. The monoisotopic (exact) mass is 236 g/mol. The molecule has 1 aromatic heterocycles. The van der Waals surface area contributed by atoms with Crippen LogP contribution in [0.1, 0.15) is 13.3 Å². The van der Waals surface area contributed by atoms with E-state index in [1.165, 1.54) is 5.69 Å². The lowest BCUT2D eigenvalue weighted by atomic mass is 10.3. The van der Waals surface area contributed by atoms with Crippen LogP contribution in [0.3, 0.4) is 0 Å². The fourth-order valence-corrected chi connectivity index (χ4v) is 1.71. The van der Waals surface area contributed by atoms with Gasteiger partial charge in [0.15, 0.2) is 0 Å². The summed E-state index contributed by atoms with van der Waals surface area (Å²) in [5.74, 6) is 0.924. The van der Waals surface area contributed by atoms with E-state index >= 15 is 0 Å². The summed E-state index contributed by atoms with van der Waals surface area (Å²) in [5.41, 5.74) is 1.24. The van der Waals surface area contributed by atoms with E-state index in [2.05, 4.69) is 53.3 Å². The van der Waals surface area contributed by atoms with E-state index in [9.17, 15) is 0 Å². The van der Waals surface area contributed by atoms with Crippen molar-refractivity contribution in [1.29, 1.82) is 0 Å². The van der Waals surface area contributed by atoms with Gasteiger partial charge in [-0.05, 0) is 26.6 Å². The molecule has 4 nitrogen and oxygen atoms in total. The number of anilines is 2. The van der Waals surface area contributed by atoms with Crippen LogP contribution in [0.15, 0.2) is 18.3 Å². The molecule has 0 radical (unpaired) electrons. The summed E-state index contributed by atoms with van der Waals surface area (Å²) < 4.78 is 0. The fraction of sp³-hybridized carbons (Fsp3) is 0.615. The largest absolute Gasteiger partial charge is 0.373 e. The number of hydrogen-bond acceptors (Lipinski definition) is 4. The highest BCUT2D eigenvalue weighted by Crippen LogP contribution is 2.17. The molecule has 1 rings (SSSR count). The van der Waals surface area contributed by atoms with Crippen molar-refractivity contribution in [2.45, 2.75) is 13.3 Å². The van der Waals surface area contributed by atoms with Crippen LogP contribution in [0.4, 0.5) is 11.5 Å². The number of nitrogens with zero attached hydrogens (tertiary/aromatic N) is 3. The summed E-state index contributed by atoms with van der Waals surface area (Å²) in [5, 5.41) is 3.08. The molecule has 0 bridgehead atoms. The van der Waals surface area contributed by atoms with Crippen molar-refractivity contribution in [2.24, 2.45) is 0 Å². The number of likely N-dealkylation sites (N-methyl/N-ethyl adjacent to an activating group) is 1. The summed E-state index contributed by atoms with van der Waals surface area (Å²) in [4.78, 5) is 8.86. The Labute approximate surface area is 105 Å². The molecule has 0 amide bonds. The van der Waals surface area contributed by atoms with E-state index in [1.807, 2.05) is 13.2 Å². The first-order valence-corrected chi connectivity index (χ1v) is 6.20. The molecular weight excluding hydrogens is 212 g/mol. The molecule has 0 fully saturated rings. The van der Waals surface area contributed by atoms with E-state index in [0.717, 1.165) is 31.9 Å². The van der Waals surface area contributed by atoms with E-state index in [-0.39, 0.29) is 0 Å². The van der Waals surface area contributed by atoms with Crippen molar-refractivity contribution in [3.63, 3.8) is 0 Å². The average molecular weight is 236 g/mol. The molecule has 96 valence electrons. The minimum Gasteiger partial charge on any atom is -0.373 e. The molecule has 0 saturated heterocycles. The maximum absolute atomic E-state index is 4.25. The Kier molecular flexibility index (Phi) is 5.77. The first-order chi connectivity index (χ1) is 8.17. The van der Waals surface area contributed by atoms with Gasteiger partial charge in [-0.3, -0.25) is 0 Å². The molecule has 0 aliphatic heterocycles. The van der Waals surface area contributed by atoms with Crippen LogP contribution in [0.5, 0.6) is 0 Å². The lowest BCUT2D eigenvalue weighted by molar-refractivity contribution is 0.413. The first kappa shape index (κ1) is 13.8. The van der Waals surface area contributed by atoms with Gasteiger partial charge in [0.25, 0.3) is 0 Å². The van der Waals surface area contributed by atoms with Gasteiger partial charge in [0.1, 0.15) is 5.82 Å². The van der Waals surface area contributed by atoms with Crippen LogP contribution in [0, 0.1) is 0 Å². The van der Waals surface area contributed by atoms with Crippen LogP contribution in [-0.4, -0.2) is 50.7 Å². The molecule has 1 aromatic rings. The zero-order valence-electron chi connectivity index (χ0n) is 11.4. The van der Waals surface area contributed by atoms with Gasteiger partial charge in [-0.15, -0.1) is 0 Å². The third kappa shape index (κ3) is 4.61. The Balaban J connectivity index is 2.73. The molecule has 17 heavy (non-hydrogen) atoms. The van der Waals surface area contributed by atoms with Crippen LogP contribution >= 0.6 is 0 Å². The standard InChI is InChI=1S/C13H24N4/c1-5-8-17(10-9-16(3)4)12-6-7-15-13(11-12)14-2/h6-7,11H,5,8-10H2,1-4H3,(H,14,15). The van der Waals surface area contributed by atoms with E-state index in [4.69, 9.17) is 0 Å². The Morgan fingerprint density at radius 1 is 1.24 bits per heavy atom. The van der Waals surface area contributed by atoms with Gasteiger partial charge in [-0.25, -0.2) is 4.98 Å². The van der Waals surface area contributed by atoms with Crippen molar-refractivity contribution >= 4 is 11.5 Å². The molecular formula is C13H24N4. The summed E-state index contributed by atoms with van der Waals surface area (Å²) in [7, 11) is 6.11. The highest BCUT2D eigenvalue weighted by Gasteiger charge is 2.06. The summed E-state index contributed by atoms with van der Waals surface area (Å²) in [6.07, 6.45) is 3.02. The van der Waals surface area contributed by atoms with Crippen LogP contribution in [-0.2, 0) is 0 Å². The average Bonchev–Trinajstić information content (AvgIpc) is 2.34. The Morgan fingerprint density at radius 2 is 2.00 bits per heavy atom. The number of nitrogens with one attached hydrogen (secondary N) is 1. The van der Waals surface area contributed by atoms with E-state index in [1.54, 1.807) is 0 Å². The van der Waals surface area contributed by atoms with Gasteiger partial charge >= 0.3 is 0 Å².